The lowest BCUT2D eigenvalue weighted by atomic mass is 10.2. The molecule has 3 N–H and O–H groups in total. The Kier molecular flexibility index (Phi) is 8.66. The number of rotatable bonds is 4. The van der Waals surface area contributed by atoms with Gasteiger partial charge in [0.15, 0.2) is 0 Å². The maximum absolute atomic E-state index is 12.1. The first-order valence-electron chi connectivity index (χ1n) is 8.09. The van der Waals surface area contributed by atoms with Crippen LogP contribution < -0.4 is 5.32 Å². The lowest BCUT2D eigenvalue weighted by Crippen LogP contribution is -2.53. The van der Waals surface area contributed by atoms with Crippen molar-refractivity contribution in [3.63, 3.8) is 0 Å². The summed E-state index contributed by atoms with van der Waals surface area (Å²) in [5.74, 6) is -3.51. The number of likely N-dealkylation sites (N-methyl/N-ethyl adjacent to an activating group) is 1. The van der Waals surface area contributed by atoms with E-state index in [1.165, 1.54) is 0 Å². The molecule has 2 saturated heterocycles. The standard InChI is InChI=1S/C13H25N3O2.C2H2O4/c1-11(16-7-5-15(2)6-8-16)13(17)14-10-12-4-3-9-18-12;3-1(4)2(5)6/h11-12H,3-10H2,1-2H3,(H,14,17);(H,3,4)(H,5,6). The van der Waals surface area contributed by atoms with Gasteiger partial charge in [-0.2, -0.15) is 0 Å². The van der Waals surface area contributed by atoms with Crippen molar-refractivity contribution in [2.24, 2.45) is 0 Å². The number of carboxylic acids is 2. The van der Waals surface area contributed by atoms with Crippen LogP contribution in [0.4, 0.5) is 0 Å². The summed E-state index contributed by atoms with van der Waals surface area (Å²) >= 11 is 0. The van der Waals surface area contributed by atoms with E-state index in [0.29, 0.717) is 6.54 Å². The van der Waals surface area contributed by atoms with E-state index in [1.54, 1.807) is 0 Å². The van der Waals surface area contributed by atoms with E-state index in [1.807, 2.05) is 6.92 Å². The average Bonchev–Trinajstić information content (AvgIpc) is 3.06. The van der Waals surface area contributed by atoms with Gasteiger partial charge < -0.3 is 25.2 Å². The number of nitrogens with zero attached hydrogens (tertiary/aromatic N) is 2. The van der Waals surface area contributed by atoms with E-state index in [-0.39, 0.29) is 18.1 Å². The predicted molar refractivity (Wildman–Crippen MR) is 85.8 cm³/mol. The van der Waals surface area contributed by atoms with Gasteiger partial charge in [-0.1, -0.05) is 0 Å². The van der Waals surface area contributed by atoms with Crippen LogP contribution >= 0.6 is 0 Å². The van der Waals surface area contributed by atoms with Gasteiger partial charge in [-0.3, -0.25) is 9.69 Å². The molecule has 1 amide bonds. The Morgan fingerprint density at radius 2 is 1.75 bits per heavy atom. The summed E-state index contributed by atoms with van der Waals surface area (Å²) in [5.41, 5.74) is 0. The largest absolute Gasteiger partial charge is 0.473 e. The quantitative estimate of drug-likeness (QED) is 0.559. The first-order valence-corrected chi connectivity index (χ1v) is 8.09. The molecular weight excluding hydrogens is 318 g/mol. The Balaban J connectivity index is 0.000000413. The van der Waals surface area contributed by atoms with Crippen molar-refractivity contribution in [2.45, 2.75) is 31.9 Å². The van der Waals surface area contributed by atoms with Crippen LogP contribution in [-0.4, -0.2) is 96.4 Å². The zero-order valence-electron chi connectivity index (χ0n) is 14.2. The minimum absolute atomic E-state index is 0.0277. The maximum atomic E-state index is 12.1. The topological polar surface area (TPSA) is 119 Å². The molecule has 2 rings (SSSR count). The zero-order valence-corrected chi connectivity index (χ0v) is 14.2. The van der Waals surface area contributed by atoms with Crippen LogP contribution in [0.5, 0.6) is 0 Å². The number of hydrogen-bond acceptors (Lipinski definition) is 6. The van der Waals surface area contributed by atoms with E-state index < -0.39 is 11.9 Å². The summed E-state index contributed by atoms with van der Waals surface area (Å²) in [4.78, 5) is 34.8. The second kappa shape index (κ2) is 10.2. The van der Waals surface area contributed by atoms with Crippen LogP contribution in [0.25, 0.3) is 0 Å². The molecule has 0 saturated carbocycles. The maximum Gasteiger partial charge on any atom is 0.414 e. The van der Waals surface area contributed by atoms with Gasteiger partial charge in [-0.25, -0.2) is 9.59 Å². The molecule has 0 aromatic heterocycles. The van der Waals surface area contributed by atoms with Crippen LogP contribution in [0.1, 0.15) is 19.8 Å². The molecule has 0 aromatic rings. The number of piperazine rings is 1. The van der Waals surface area contributed by atoms with Gasteiger partial charge in [0, 0.05) is 39.3 Å². The second-order valence-corrected chi connectivity index (χ2v) is 6.01. The third kappa shape index (κ3) is 7.24. The highest BCUT2D eigenvalue weighted by Gasteiger charge is 2.25. The number of carbonyl (C=O) groups is 3. The molecular formula is C15H27N3O6. The molecule has 2 unspecified atom stereocenters. The molecule has 0 aromatic carbocycles. The predicted octanol–water partition coefficient (Wildman–Crippen LogP) is -0.927. The van der Waals surface area contributed by atoms with Gasteiger partial charge in [-0.05, 0) is 26.8 Å². The molecule has 2 fully saturated rings. The van der Waals surface area contributed by atoms with E-state index >= 15 is 0 Å². The Hall–Kier alpha value is -1.71. The van der Waals surface area contributed by atoms with Gasteiger partial charge in [-0.15, -0.1) is 0 Å². The SMILES string of the molecule is CC(C(=O)NCC1CCCO1)N1CCN(C)CC1.O=C(O)C(=O)O. The molecule has 9 heteroatoms. The first kappa shape index (κ1) is 20.3. The van der Waals surface area contributed by atoms with Crippen LogP contribution in [0.2, 0.25) is 0 Å². The Bertz CT molecular complexity index is 419. The van der Waals surface area contributed by atoms with Crippen LogP contribution in [-0.2, 0) is 19.1 Å². The number of amides is 1. The van der Waals surface area contributed by atoms with Crippen molar-refractivity contribution in [1.29, 1.82) is 0 Å². The fourth-order valence-electron chi connectivity index (χ4n) is 2.54. The smallest absolute Gasteiger partial charge is 0.414 e. The van der Waals surface area contributed by atoms with E-state index in [2.05, 4.69) is 22.2 Å². The van der Waals surface area contributed by atoms with Crippen LogP contribution in [0.15, 0.2) is 0 Å². The summed E-state index contributed by atoms with van der Waals surface area (Å²) in [5, 5.41) is 17.8. The summed E-state index contributed by atoms with van der Waals surface area (Å²) in [6, 6.07) is -0.0277. The molecule has 0 spiro atoms. The summed E-state index contributed by atoms with van der Waals surface area (Å²) in [6.45, 7) is 7.55. The molecule has 2 atom stereocenters. The number of carbonyl (C=O) groups excluding carboxylic acids is 1. The first-order chi connectivity index (χ1) is 11.3. The molecule has 0 aliphatic carbocycles. The lowest BCUT2D eigenvalue weighted by Gasteiger charge is -2.35. The highest BCUT2D eigenvalue weighted by Crippen LogP contribution is 2.11. The number of nitrogens with one attached hydrogen (secondary N) is 1. The molecule has 2 aliphatic heterocycles. The van der Waals surface area contributed by atoms with Crippen LogP contribution in [0, 0.1) is 0 Å². The molecule has 2 heterocycles. The molecule has 138 valence electrons. The normalized spacial score (nSPS) is 23.0. The van der Waals surface area contributed by atoms with Crippen molar-refractivity contribution in [3.8, 4) is 0 Å². The minimum atomic E-state index is -1.82. The second-order valence-electron chi connectivity index (χ2n) is 6.01. The molecule has 0 bridgehead atoms. The fraction of sp³-hybridized carbons (Fsp3) is 0.800. The van der Waals surface area contributed by atoms with Crippen molar-refractivity contribution in [1.82, 2.24) is 15.1 Å². The van der Waals surface area contributed by atoms with E-state index in [4.69, 9.17) is 24.5 Å². The summed E-state index contributed by atoms with van der Waals surface area (Å²) < 4.78 is 5.51. The highest BCUT2D eigenvalue weighted by atomic mass is 16.5. The summed E-state index contributed by atoms with van der Waals surface area (Å²) in [6.07, 6.45) is 2.42. The molecule has 24 heavy (non-hydrogen) atoms. The van der Waals surface area contributed by atoms with Gasteiger partial charge >= 0.3 is 11.9 Å². The third-order valence-corrected chi connectivity index (χ3v) is 4.18. The van der Waals surface area contributed by atoms with Gasteiger partial charge in [0.05, 0.1) is 12.1 Å². The van der Waals surface area contributed by atoms with Crippen molar-refractivity contribution >= 4 is 17.8 Å². The van der Waals surface area contributed by atoms with Gasteiger partial charge in [0.1, 0.15) is 0 Å². The summed E-state index contributed by atoms with van der Waals surface area (Å²) in [7, 11) is 2.12. The Morgan fingerprint density at radius 3 is 2.21 bits per heavy atom. The Morgan fingerprint density at radius 1 is 1.17 bits per heavy atom. The van der Waals surface area contributed by atoms with Gasteiger partial charge in [0.25, 0.3) is 0 Å². The van der Waals surface area contributed by atoms with E-state index in [9.17, 15) is 4.79 Å². The van der Waals surface area contributed by atoms with Gasteiger partial charge in [0.2, 0.25) is 5.91 Å². The number of aliphatic carboxylic acids is 2. The number of ether oxygens (including phenoxy) is 1. The fourth-order valence-corrected chi connectivity index (χ4v) is 2.54. The molecule has 0 radical (unpaired) electrons. The third-order valence-electron chi connectivity index (χ3n) is 4.18. The average molecular weight is 345 g/mol. The lowest BCUT2D eigenvalue weighted by molar-refractivity contribution is -0.159. The van der Waals surface area contributed by atoms with Crippen molar-refractivity contribution in [2.75, 3.05) is 46.4 Å². The van der Waals surface area contributed by atoms with Crippen LogP contribution in [0.3, 0.4) is 0 Å². The molecule has 2 aliphatic rings. The molecule has 9 nitrogen and oxygen atoms in total. The number of hydrogen-bond donors (Lipinski definition) is 3. The minimum Gasteiger partial charge on any atom is -0.473 e. The Labute approximate surface area is 141 Å². The number of carboxylic acid groups (broad SMARTS) is 2. The van der Waals surface area contributed by atoms with Crippen molar-refractivity contribution in [3.05, 3.63) is 0 Å². The highest BCUT2D eigenvalue weighted by molar-refractivity contribution is 6.27. The van der Waals surface area contributed by atoms with E-state index in [0.717, 1.165) is 45.6 Å². The monoisotopic (exact) mass is 345 g/mol. The van der Waals surface area contributed by atoms with Crippen molar-refractivity contribution < 1.29 is 29.3 Å². The zero-order chi connectivity index (χ0) is 18.1.